The van der Waals surface area contributed by atoms with Crippen LogP contribution in [0.25, 0.3) is 0 Å². The van der Waals surface area contributed by atoms with Gasteiger partial charge in [-0.2, -0.15) is 0 Å². The summed E-state index contributed by atoms with van der Waals surface area (Å²) in [6.45, 7) is 1.53. The van der Waals surface area contributed by atoms with Crippen LogP contribution in [0.3, 0.4) is 0 Å². The minimum absolute atomic E-state index is 0.0797. The Labute approximate surface area is 111 Å². The topological polar surface area (TPSA) is 74.7 Å². The highest BCUT2D eigenvalue weighted by atomic mass is 35.5. The van der Waals surface area contributed by atoms with Crippen LogP contribution in [0, 0.1) is 6.92 Å². The van der Waals surface area contributed by atoms with E-state index in [9.17, 15) is 13.2 Å². The molecule has 0 aromatic heterocycles. The van der Waals surface area contributed by atoms with E-state index >= 15 is 0 Å². The van der Waals surface area contributed by atoms with Crippen molar-refractivity contribution in [3.8, 4) is 0 Å². The Balaban J connectivity index is 3.06. The number of hydrogen-bond acceptors (Lipinski definition) is 3. The Morgan fingerprint density at radius 3 is 2.61 bits per heavy atom. The zero-order valence-corrected chi connectivity index (χ0v) is 11.6. The summed E-state index contributed by atoms with van der Waals surface area (Å²) >= 11 is 5.88. The Bertz CT molecular complexity index is 556. The molecule has 0 fully saturated rings. The lowest BCUT2D eigenvalue weighted by molar-refractivity contribution is -0.137. The fraction of sp³-hybridized carbons (Fsp3) is 0.364. The van der Waals surface area contributed by atoms with Crippen LogP contribution in [-0.4, -0.2) is 37.4 Å². The molecule has 1 N–H and O–H groups in total. The molecule has 5 nitrogen and oxygen atoms in total. The third-order valence-electron chi connectivity index (χ3n) is 2.55. The predicted molar refractivity (Wildman–Crippen MR) is 68.3 cm³/mol. The number of hydrogen-bond donors (Lipinski definition) is 1. The maximum Gasteiger partial charge on any atom is 0.304 e. The second-order valence-corrected chi connectivity index (χ2v) is 6.25. The predicted octanol–water partition coefficient (Wildman–Crippen LogP) is 1.74. The minimum atomic E-state index is -3.70. The molecular formula is C11H14ClNO4S. The van der Waals surface area contributed by atoms with Gasteiger partial charge in [0.05, 0.1) is 11.3 Å². The van der Waals surface area contributed by atoms with Gasteiger partial charge in [0.25, 0.3) is 0 Å². The van der Waals surface area contributed by atoms with E-state index in [4.69, 9.17) is 16.7 Å². The van der Waals surface area contributed by atoms with E-state index in [-0.39, 0.29) is 17.9 Å². The first kappa shape index (κ1) is 14.9. The average molecular weight is 292 g/mol. The molecule has 0 aliphatic carbocycles. The van der Waals surface area contributed by atoms with Gasteiger partial charge < -0.3 is 5.11 Å². The number of aliphatic carboxylic acids is 1. The van der Waals surface area contributed by atoms with E-state index in [2.05, 4.69) is 0 Å². The van der Waals surface area contributed by atoms with Crippen LogP contribution in [0.5, 0.6) is 0 Å². The molecule has 7 heteroatoms. The molecule has 0 aliphatic rings. The van der Waals surface area contributed by atoms with Crippen molar-refractivity contribution in [2.75, 3.05) is 13.6 Å². The summed E-state index contributed by atoms with van der Waals surface area (Å²) in [5, 5.41) is 8.92. The van der Waals surface area contributed by atoms with Crippen LogP contribution in [0.2, 0.25) is 5.02 Å². The first-order valence-corrected chi connectivity index (χ1v) is 7.02. The number of carboxylic acid groups (broad SMARTS) is 1. The van der Waals surface area contributed by atoms with E-state index in [1.54, 1.807) is 19.1 Å². The van der Waals surface area contributed by atoms with Crippen LogP contribution in [0.1, 0.15) is 12.0 Å². The molecular weight excluding hydrogens is 278 g/mol. The van der Waals surface area contributed by atoms with Gasteiger partial charge in [-0.1, -0.05) is 17.7 Å². The van der Waals surface area contributed by atoms with Crippen LogP contribution >= 0.6 is 11.6 Å². The molecule has 0 bridgehead atoms. The van der Waals surface area contributed by atoms with Crippen molar-refractivity contribution in [3.63, 3.8) is 0 Å². The van der Waals surface area contributed by atoms with Crippen LogP contribution in [0.15, 0.2) is 23.1 Å². The molecule has 18 heavy (non-hydrogen) atoms. The lowest BCUT2D eigenvalue weighted by atomic mass is 10.2. The summed E-state index contributed by atoms with van der Waals surface area (Å²) in [5.74, 6) is -1.04. The third kappa shape index (κ3) is 3.22. The van der Waals surface area contributed by atoms with Crippen LogP contribution in [-0.2, 0) is 14.8 Å². The SMILES string of the molecule is Cc1c(Cl)cccc1S(=O)(=O)N(C)CCC(=O)O. The van der Waals surface area contributed by atoms with E-state index in [0.29, 0.717) is 10.6 Å². The summed E-state index contributed by atoms with van der Waals surface area (Å²) in [5.41, 5.74) is 0.460. The fourth-order valence-electron chi connectivity index (χ4n) is 1.41. The molecule has 1 rings (SSSR count). The Morgan fingerprint density at radius 2 is 2.06 bits per heavy atom. The van der Waals surface area contributed by atoms with Gasteiger partial charge in [-0.05, 0) is 24.6 Å². The Morgan fingerprint density at radius 1 is 1.44 bits per heavy atom. The summed E-state index contributed by atoms with van der Waals surface area (Å²) < 4.78 is 25.4. The molecule has 0 spiro atoms. The smallest absolute Gasteiger partial charge is 0.304 e. The first-order valence-electron chi connectivity index (χ1n) is 5.20. The third-order valence-corrected chi connectivity index (χ3v) is 4.96. The lowest BCUT2D eigenvalue weighted by Gasteiger charge is -2.18. The number of carbonyl (C=O) groups is 1. The number of rotatable bonds is 5. The van der Waals surface area contributed by atoms with Gasteiger partial charge >= 0.3 is 5.97 Å². The molecule has 0 saturated heterocycles. The lowest BCUT2D eigenvalue weighted by Crippen LogP contribution is -2.29. The number of halogens is 1. The highest BCUT2D eigenvalue weighted by Gasteiger charge is 2.23. The van der Waals surface area contributed by atoms with Crippen molar-refractivity contribution < 1.29 is 18.3 Å². The van der Waals surface area contributed by atoms with Crippen molar-refractivity contribution >= 4 is 27.6 Å². The van der Waals surface area contributed by atoms with Gasteiger partial charge in [0.1, 0.15) is 0 Å². The van der Waals surface area contributed by atoms with Gasteiger partial charge in [0, 0.05) is 18.6 Å². The quantitative estimate of drug-likeness (QED) is 0.897. The molecule has 100 valence electrons. The first-order chi connectivity index (χ1) is 8.26. The second kappa shape index (κ2) is 5.69. The fourth-order valence-corrected chi connectivity index (χ4v) is 3.05. The maximum atomic E-state index is 12.2. The summed E-state index contributed by atoms with van der Waals surface area (Å²) in [4.78, 5) is 10.5. The molecule has 1 aromatic rings. The highest BCUT2D eigenvalue weighted by Crippen LogP contribution is 2.24. The highest BCUT2D eigenvalue weighted by molar-refractivity contribution is 7.89. The van der Waals surface area contributed by atoms with E-state index in [1.807, 2.05) is 0 Å². The monoisotopic (exact) mass is 291 g/mol. The van der Waals surface area contributed by atoms with Crippen LogP contribution < -0.4 is 0 Å². The van der Waals surface area contributed by atoms with Gasteiger partial charge in [0.15, 0.2) is 0 Å². The van der Waals surface area contributed by atoms with Crippen molar-refractivity contribution in [2.24, 2.45) is 0 Å². The Hall–Kier alpha value is -1.11. The molecule has 0 unspecified atom stereocenters. The number of benzene rings is 1. The summed E-state index contributed by atoms with van der Waals surface area (Å²) in [6.07, 6.45) is -0.241. The van der Waals surface area contributed by atoms with Crippen molar-refractivity contribution in [1.29, 1.82) is 0 Å². The normalized spacial score (nSPS) is 11.8. The summed E-state index contributed by atoms with van der Waals surface area (Å²) in [6, 6.07) is 4.61. The zero-order valence-electron chi connectivity index (χ0n) is 10.1. The standard InChI is InChI=1S/C11H14ClNO4S/c1-8-9(12)4-3-5-10(8)18(16,17)13(2)7-6-11(14)15/h3-5H,6-7H2,1-2H3,(H,14,15). The van der Waals surface area contributed by atoms with E-state index in [1.165, 1.54) is 13.1 Å². The molecule has 1 aromatic carbocycles. The van der Waals surface area contributed by atoms with Gasteiger partial charge in [-0.25, -0.2) is 12.7 Å². The number of carboxylic acids is 1. The summed E-state index contributed by atoms with van der Waals surface area (Å²) in [7, 11) is -2.36. The largest absolute Gasteiger partial charge is 0.481 e. The van der Waals surface area contributed by atoms with E-state index in [0.717, 1.165) is 4.31 Å². The molecule has 0 saturated carbocycles. The van der Waals surface area contributed by atoms with Gasteiger partial charge in [-0.15, -0.1) is 0 Å². The van der Waals surface area contributed by atoms with E-state index < -0.39 is 16.0 Å². The van der Waals surface area contributed by atoms with Crippen molar-refractivity contribution in [3.05, 3.63) is 28.8 Å². The van der Waals surface area contributed by atoms with Crippen LogP contribution in [0.4, 0.5) is 0 Å². The molecule has 0 amide bonds. The van der Waals surface area contributed by atoms with Crippen molar-refractivity contribution in [1.82, 2.24) is 4.31 Å². The average Bonchev–Trinajstić information content (AvgIpc) is 2.29. The minimum Gasteiger partial charge on any atom is -0.481 e. The maximum absolute atomic E-state index is 12.2. The number of sulfonamides is 1. The zero-order chi connectivity index (χ0) is 13.9. The van der Waals surface area contributed by atoms with Crippen molar-refractivity contribution in [2.45, 2.75) is 18.2 Å². The Kier molecular flexibility index (Phi) is 4.72. The number of nitrogens with zero attached hydrogens (tertiary/aromatic N) is 1. The van der Waals surface area contributed by atoms with Gasteiger partial charge in [0.2, 0.25) is 10.0 Å². The molecule has 0 heterocycles. The second-order valence-electron chi connectivity index (χ2n) is 3.83. The van der Waals surface area contributed by atoms with Gasteiger partial charge in [-0.3, -0.25) is 4.79 Å². The molecule has 0 aliphatic heterocycles. The molecule has 0 radical (unpaired) electrons. The molecule has 0 atom stereocenters.